The van der Waals surface area contributed by atoms with Gasteiger partial charge in [-0.15, -0.1) is 0 Å². The van der Waals surface area contributed by atoms with E-state index in [-0.39, 0.29) is 48.7 Å². The summed E-state index contributed by atoms with van der Waals surface area (Å²) in [5.41, 5.74) is 1.68. The fourth-order valence-electron chi connectivity index (χ4n) is 6.69. The highest BCUT2D eigenvalue weighted by molar-refractivity contribution is 5.91. The molecule has 0 aliphatic carbocycles. The van der Waals surface area contributed by atoms with Crippen LogP contribution in [0.2, 0.25) is 0 Å². The first-order chi connectivity index (χ1) is 26.9. The van der Waals surface area contributed by atoms with Crippen molar-refractivity contribution in [1.82, 2.24) is 0 Å². The first kappa shape index (κ1) is 41.5. The maximum Gasteiger partial charge on any atom is 0.337 e. The van der Waals surface area contributed by atoms with E-state index in [2.05, 4.69) is 0 Å². The van der Waals surface area contributed by atoms with E-state index < -0.39 is 98.8 Å². The molecule has 2 saturated heterocycles. The molecular weight excluding hydrogens is 744 g/mol. The summed E-state index contributed by atoms with van der Waals surface area (Å²) in [6.07, 6.45) is -14.0. The van der Waals surface area contributed by atoms with E-state index in [0.29, 0.717) is 17.7 Å². The molecule has 0 amide bonds. The predicted octanol–water partition coefficient (Wildman–Crippen LogP) is -1.15. The second-order valence-electron chi connectivity index (χ2n) is 13.6. The van der Waals surface area contributed by atoms with Crippen molar-refractivity contribution >= 4 is 11.9 Å². The first-order valence-electron chi connectivity index (χ1n) is 18.1. The highest BCUT2D eigenvalue weighted by Gasteiger charge is 2.47. The zero-order chi connectivity index (χ0) is 40.1. The van der Waals surface area contributed by atoms with Crippen LogP contribution in [0.4, 0.5) is 0 Å². The average Bonchev–Trinajstić information content (AvgIpc) is 3.19. The summed E-state index contributed by atoms with van der Waals surface area (Å²) >= 11 is 0. The van der Waals surface area contributed by atoms with E-state index in [9.17, 15) is 50.4 Å². The first-order valence-corrected chi connectivity index (χ1v) is 18.1. The lowest BCUT2D eigenvalue weighted by molar-refractivity contribution is -0.327. The highest BCUT2D eigenvalue weighted by atomic mass is 16.8. The maximum absolute atomic E-state index is 13.4. The maximum atomic E-state index is 13.4. The number of benzene rings is 2. The number of esters is 2. The smallest absolute Gasteiger partial charge is 0.337 e. The molecule has 8 N–H and O–H groups in total. The van der Waals surface area contributed by atoms with Crippen molar-refractivity contribution in [2.45, 2.75) is 93.9 Å². The van der Waals surface area contributed by atoms with Crippen molar-refractivity contribution in [2.75, 3.05) is 26.4 Å². The van der Waals surface area contributed by atoms with Crippen molar-refractivity contribution in [3.63, 3.8) is 0 Å². The summed E-state index contributed by atoms with van der Waals surface area (Å²) in [6.45, 7) is 0.127. The van der Waals surface area contributed by atoms with Crippen LogP contribution in [0.25, 0.3) is 0 Å². The van der Waals surface area contributed by atoms with Gasteiger partial charge in [0, 0.05) is 24.3 Å². The van der Waals surface area contributed by atoms with Gasteiger partial charge in [-0.25, -0.2) is 4.79 Å². The van der Waals surface area contributed by atoms with Gasteiger partial charge in [0.2, 0.25) is 12.6 Å². The van der Waals surface area contributed by atoms with E-state index in [1.807, 2.05) is 0 Å². The molecule has 0 saturated carbocycles. The number of carbonyl (C=O) groups is 2. The summed E-state index contributed by atoms with van der Waals surface area (Å²) in [4.78, 5) is 26.8. The van der Waals surface area contributed by atoms with E-state index >= 15 is 0 Å². The van der Waals surface area contributed by atoms with Crippen LogP contribution < -0.4 is 9.47 Å². The molecule has 0 aromatic heterocycles. The SMILES string of the molecule is C/C=C1/[C@H](O[C@@H]2O[C@H](CO)[C@@H](O)[C@H](O)[C@H]2O)OC=C2C(=O)OCCc3ccc(cc3)Oc3cc(ccc3O[C@@H]3O[C@H](CO)[C@@H](O)[C@H](O)[C@H]3O)CCOC(=O)C[C@H]21. The molecule has 7 rings (SSSR count). The second kappa shape index (κ2) is 18.4. The van der Waals surface area contributed by atoms with Crippen LogP contribution in [-0.4, -0.2) is 147 Å². The van der Waals surface area contributed by atoms with Gasteiger partial charge >= 0.3 is 11.9 Å². The van der Waals surface area contributed by atoms with Gasteiger partial charge in [0.1, 0.15) is 54.6 Å². The Bertz CT molecular complexity index is 1730. The lowest BCUT2D eigenvalue weighted by Crippen LogP contribution is -2.60. The van der Waals surface area contributed by atoms with Crippen LogP contribution in [0.1, 0.15) is 24.5 Å². The minimum Gasteiger partial charge on any atom is -0.468 e. The molecule has 0 spiro atoms. The summed E-state index contributed by atoms with van der Waals surface area (Å²) in [5, 5.41) is 81.2. The standard InChI is InChI=1S/C38H46O18/c1-2-21-22-14-28(41)49-11-10-19-5-8-24(53-37-33(46)31(44)29(42)26(15-39)54-37)25(13-19)52-20-6-3-18(4-7-20)9-12-50-35(48)23(22)17-51-36(21)56-38-34(47)32(45)30(43)27(16-40)55-38/h2-8,13,17,22,26-27,29-34,36-40,42-47H,9-12,14-16H2,1H3/b21-2+/t22-,26+,27+,29+,30+,31-,32-,33+,34+,36-,37+,38-/m0/s1. The normalized spacial score (nSPS) is 35.0. The Morgan fingerprint density at radius 3 is 2.02 bits per heavy atom. The zero-order valence-electron chi connectivity index (χ0n) is 30.2. The molecule has 306 valence electrons. The summed E-state index contributed by atoms with van der Waals surface area (Å²) in [5.74, 6) is -1.80. The Morgan fingerprint density at radius 1 is 0.750 bits per heavy atom. The van der Waals surface area contributed by atoms with Crippen molar-refractivity contribution in [3.05, 3.63) is 77.1 Å². The quantitative estimate of drug-likeness (QED) is 0.127. The molecule has 18 heteroatoms. The number of ether oxygens (including phenoxy) is 8. The number of aliphatic hydroxyl groups excluding tert-OH is 8. The number of fused-ring (bicyclic) bond motifs is 9. The Labute approximate surface area is 320 Å². The second-order valence-corrected chi connectivity index (χ2v) is 13.6. The van der Waals surface area contributed by atoms with Crippen LogP contribution in [0.15, 0.2) is 65.9 Å². The summed E-state index contributed by atoms with van der Waals surface area (Å²) in [6, 6.07) is 11.7. The molecule has 2 aromatic rings. The minimum absolute atomic E-state index is 0.00926. The lowest BCUT2D eigenvalue weighted by atomic mass is 9.86. The minimum atomic E-state index is -1.74. The van der Waals surface area contributed by atoms with E-state index in [0.717, 1.165) is 11.8 Å². The van der Waals surface area contributed by atoms with Gasteiger partial charge in [0.25, 0.3) is 0 Å². The van der Waals surface area contributed by atoms with Gasteiger partial charge in [-0.2, -0.15) is 0 Å². The monoisotopic (exact) mass is 790 g/mol. The third kappa shape index (κ3) is 9.17. The van der Waals surface area contributed by atoms with Crippen LogP contribution in [0.5, 0.6) is 17.2 Å². The Balaban J connectivity index is 1.22. The fraction of sp³-hybridized carbons (Fsp3) is 0.526. The highest BCUT2D eigenvalue weighted by Crippen LogP contribution is 2.38. The summed E-state index contributed by atoms with van der Waals surface area (Å²) < 4.78 is 45.8. The summed E-state index contributed by atoms with van der Waals surface area (Å²) in [7, 11) is 0. The van der Waals surface area contributed by atoms with Gasteiger partial charge < -0.3 is 78.7 Å². The van der Waals surface area contributed by atoms with E-state index in [4.69, 9.17) is 37.9 Å². The van der Waals surface area contributed by atoms with Crippen molar-refractivity contribution < 1.29 is 88.3 Å². The number of carbonyl (C=O) groups excluding carboxylic acids is 2. The molecule has 5 aliphatic rings. The zero-order valence-corrected chi connectivity index (χ0v) is 30.2. The van der Waals surface area contributed by atoms with Crippen LogP contribution in [0, 0.1) is 5.92 Å². The Morgan fingerprint density at radius 2 is 1.36 bits per heavy atom. The van der Waals surface area contributed by atoms with Crippen molar-refractivity contribution in [3.8, 4) is 17.2 Å². The number of rotatable bonds is 6. The third-order valence-corrected chi connectivity index (χ3v) is 9.94. The van der Waals surface area contributed by atoms with Crippen LogP contribution in [-0.2, 0) is 50.9 Å². The van der Waals surface area contributed by atoms with Gasteiger partial charge in [0.15, 0.2) is 17.8 Å². The molecule has 4 bridgehead atoms. The molecule has 12 atom stereocenters. The molecule has 5 heterocycles. The Hall–Kier alpha value is -4.18. The number of aliphatic hydroxyl groups is 8. The van der Waals surface area contributed by atoms with Gasteiger partial charge in [-0.05, 0) is 42.3 Å². The predicted molar refractivity (Wildman–Crippen MR) is 186 cm³/mol. The van der Waals surface area contributed by atoms with Gasteiger partial charge in [-0.3, -0.25) is 4.79 Å². The largest absolute Gasteiger partial charge is 0.468 e. The third-order valence-electron chi connectivity index (χ3n) is 9.94. The van der Waals surface area contributed by atoms with Gasteiger partial charge in [-0.1, -0.05) is 24.3 Å². The van der Waals surface area contributed by atoms with E-state index in [1.165, 1.54) is 6.07 Å². The molecule has 0 radical (unpaired) electrons. The Kier molecular flexibility index (Phi) is 13.6. The van der Waals surface area contributed by atoms with Crippen molar-refractivity contribution in [1.29, 1.82) is 0 Å². The molecule has 18 nitrogen and oxygen atoms in total. The van der Waals surface area contributed by atoms with E-state index in [1.54, 1.807) is 49.4 Å². The molecular formula is C38H46O18. The van der Waals surface area contributed by atoms with Crippen molar-refractivity contribution in [2.24, 2.45) is 5.92 Å². The molecule has 5 aliphatic heterocycles. The fourth-order valence-corrected chi connectivity index (χ4v) is 6.69. The van der Waals surface area contributed by atoms with Gasteiger partial charge in [0.05, 0.1) is 44.7 Å². The number of allylic oxidation sites excluding steroid dienone is 1. The topological polar surface area (TPSA) is 270 Å². The average molecular weight is 791 g/mol. The molecule has 2 aromatic carbocycles. The number of hydrogen-bond acceptors (Lipinski definition) is 18. The molecule has 56 heavy (non-hydrogen) atoms. The molecule has 2 fully saturated rings. The van der Waals surface area contributed by atoms with Crippen LogP contribution >= 0.6 is 0 Å². The number of hydrogen-bond donors (Lipinski definition) is 8. The molecule has 0 unspecified atom stereocenters. The lowest BCUT2D eigenvalue weighted by Gasteiger charge is -2.42. The van der Waals surface area contributed by atoms with Crippen LogP contribution in [0.3, 0.4) is 0 Å².